The van der Waals surface area contributed by atoms with Gasteiger partial charge in [0, 0.05) is 12.2 Å². The number of carbonyl (C=O) groups excluding carboxylic acids is 2. The third-order valence-electron chi connectivity index (χ3n) is 3.54. The third-order valence-corrected chi connectivity index (χ3v) is 3.54. The summed E-state index contributed by atoms with van der Waals surface area (Å²) in [6.07, 6.45) is 7.66. The molecule has 0 amide bonds. The van der Waals surface area contributed by atoms with Crippen molar-refractivity contribution in [2.24, 2.45) is 0 Å². The molecule has 23 heavy (non-hydrogen) atoms. The van der Waals surface area contributed by atoms with Crippen LogP contribution in [0.2, 0.25) is 0 Å². The molecule has 1 rings (SSSR count). The summed E-state index contributed by atoms with van der Waals surface area (Å²) in [4.78, 5) is 23.1. The molecule has 126 valence electrons. The van der Waals surface area contributed by atoms with E-state index in [0.29, 0.717) is 12.4 Å². The van der Waals surface area contributed by atoms with Gasteiger partial charge >= 0.3 is 11.9 Å². The van der Waals surface area contributed by atoms with Crippen molar-refractivity contribution >= 4 is 11.9 Å². The highest BCUT2D eigenvalue weighted by Crippen LogP contribution is 2.16. The fraction of sp³-hybridized carbons (Fsp3) is 0.474. The normalized spacial score (nSPS) is 10.7. The molecule has 1 aromatic carbocycles. The SMILES string of the molecule is CCCCCCCOC(=O)/C=C/C(=O)Oc1ccc(C)c(C)c1. The van der Waals surface area contributed by atoms with Crippen molar-refractivity contribution < 1.29 is 19.1 Å². The van der Waals surface area contributed by atoms with Gasteiger partial charge in [0.25, 0.3) is 0 Å². The molecule has 0 aliphatic heterocycles. The third kappa shape index (κ3) is 8.19. The lowest BCUT2D eigenvalue weighted by Gasteiger charge is -2.04. The van der Waals surface area contributed by atoms with Gasteiger partial charge in [0.1, 0.15) is 5.75 Å². The zero-order chi connectivity index (χ0) is 17.1. The number of aryl methyl sites for hydroxylation is 2. The first-order valence-electron chi connectivity index (χ1n) is 8.17. The highest BCUT2D eigenvalue weighted by atomic mass is 16.5. The molecule has 1 aromatic rings. The Bertz CT molecular complexity index is 546. The van der Waals surface area contributed by atoms with E-state index in [9.17, 15) is 9.59 Å². The smallest absolute Gasteiger partial charge is 0.336 e. The summed E-state index contributed by atoms with van der Waals surface area (Å²) in [6.45, 7) is 6.47. The predicted molar refractivity (Wildman–Crippen MR) is 90.4 cm³/mol. The van der Waals surface area contributed by atoms with Crippen molar-refractivity contribution in [3.63, 3.8) is 0 Å². The lowest BCUT2D eigenvalue weighted by atomic mass is 10.1. The Labute approximate surface area is 138 Å². The van der Waals surface area contributed by atoms with Gasteiger partial charge in [-0.15, -0.1) is 0 Å². The molecule has 0 saturated heterocycles. The van der Waals surface area contributed by atoms with E-state index in [-0.39, 0.29) is 0 Å². The Balaban J connectivity index is 2.28. The van der Waals surface area contributed by atoms with Crippen molar-refractivity contribution in [3.8, 4) is 5.75 Å². The minimum atomic E-state index is -0.590. The monoisotopic (exact) mass is 318 g/mol. The second-order valence-corrected chi connectivity index (χ2v) is 5.58. The average Bonchev–Trinajstić information content (AvgIpc) is 2.52. The highest BCUT2D eigenvalue weighted by Gasteiger charge is 2.04. The predicted octanol–water partition coefficient (Wildman–Crippen LogP) is 4.28. The van der Waals surface area contributed by atoms with E-state index in [1.54, 1.807) is 12.1 Å². The van der Waals surface area contributed by atoms with Gasteiger partial charge < -0.3 is 9.47 Å². The first kappa shape index (κ1) is 18.9. The molecule has 4 nitrogen and oxygen atoms in total. The standard InChI is InChI=1S/C19H26O4/c1-4-5-6-7-8-13-22-18(20)11-12-19(21)23-17-10-9-15(2)16(3)14-17/h9-12,14H,4-8,13H2,1-3H3/b12-11+. The molecular weight excluding hydrogens is 292 g/mol. The van der Waals surface area contributed by atoms with Crippen LogP contribution in [0.4, 0.5) is 0 Å². The van der Waals surface area contributed by atoms with Crippen molar-refractivity contribution in [1.82, 2.24) is 0 Å². The maximum absolute atomic E-state index is 11.6. The van der Waals surface area contributed by atoms with Gasteiger partial charge in [-0.1, -0.05) is 38.7 Å². The molecule has 0 radical (unpaired) electrons. The number of unbranched alkanes of at least 4 members (excludes halogenated alkanes) is 4. The van der Waals surface area contributed by atoms with Crippen molar-refractivity contribution in [2.45, 2.75) is 52.9 Å². The molecule has 4 heteroatoms. The Hall–Kier alpha value is -2.10. The van der Waals surface area contributed by atoms with Crippen LogP contribution in [0.3, 0.4) is 0 Å². The summed E-state index contributed by atoms with van der Waals surface area (Å²) < 4.78 is 10.2. The molecule has 0 unspecified atom stereocenters. The van der Waals surface area contributed by atoms with E-state index < -0.39 is 11.9 Å². The van der Waals surface area contributed by atoms with Crippen LogP contribution < -0.4 is 4.74 Å². The van der Waals surface area contributed by atoms with Crippen LogP contribution >= 0.6 is 0 Å². The second kappa shape index (κ2) is 10.6. The van der Waals surface area contributed by atoms with Gasteiger partial charge in [0.2, 0.25) is 0 Å². The van der Waals surface area contributed by atoms with Crippen LogP contribution in [-0.2, 0) is 14.3 Å². The van der Waals surface area contributed by atoms with Gasteiger partial charge in [-0.05, 0) is 43.5 Å². The largest absolute Gasteiger partial charge is 0.463 e. The number of carbonyl (C=O) groups is 2. The van der Waals surface area contributed by atoms with Crippen molar-refractivity contribution in [3.05, 3.63) is 41.5 Å². The van der Waals surface area contributed by atoms with E-state index in [1.165, 1.54) is 12.8 Å². The minimum absolute atomic E-state index is 0.388. The van der Waals surface area contributed by atoms with Crippen molar-refractivity contribution in [2.75, 3.05) is 6.61 Å². The van der Waals surface area contributed by atoms with Gasteiger partial charge in [0.05, 0.1) is 6.61 Å². The van der Waals surface area contributed by atoms with Crippen LogP contribution in [0.5, 0.6) is 5.75 Å². The summed E-state index contributed by atoms with van der Waals surface area (Å²) in [5.74, 6) is -0.641. The fourth-order valence-electron chi connectivity index (χ4n) is 1.99. The summed E-state index contributed by atoms with van der Waals surface area (Å²) in [6, 6.07) is 5.40. The van der Waals surface area contributed by atoms with E-state index in [2.05, 4.69) is 6.92 Å². The lowest BCUT2D eigenvalue weighted by Crippen LogP contribution is -2.07. The van der Waals surface area contributed by atoms with Gasteiger partial charge in [0.15, 0.2) is 0 Å². The van der Waals surface area contributed by atoms with Crippen LogP contribution in [0.25, 0.3) is 0 Å². The van der Waals surface area contributed by atoms with E-state index in [1.807, 2.05) is 19.9 Å². The maximum Gasteiger partial charge on any atom is 0.336 e. The zero-order valence-electron chi connectivity index (χ0n) is 14.3. The summed E-state index contributed by atoms with van der Waals surface area (Å²) in [5, 5.41) is 0. The molecule has 0 spiro atoms. The summed E-state index contributed by atoms with van der Waals surface area (Å²) in [7, 11) is 0. The summed E-state index contributed by atoms with van der Waals surface area (Å²) in [5.41, 5.74) is 2.17. The Morgan fingerprint density at radius 1 is 0.957 bits per heavy atom. The topological polar surface area (TPSA) is 52.6 Å². The molecule has 0 fully saturated rings. The van der Waals surface area contributed by atoms with Gasteiger partial charge in [-0.3, -0.25) is 0 Å². The molecule has 0 aromatic heterocycles. The highest BCUT2D eigenvalue weighted by molar-refractivity contribution is 5.92. The number of esters is 2. The molecule has 0 N–H and O–H groups in total. The molecule has 0 saturated carbocycles. The van der Waals surface area contributed by atoms with E-state index in [0.717, 1.165) is 42.5 Å². The molecule has 0 heterocycles. The fourth-order valence-corrected chi connectivity index (χ4v) is 1.99. The Morgan fingerprint density at radius 2 is 1.65 bits per heavy atom. The Morgan fingerprint density at radius 3 is 2.35 bits per heavy atom. The molecule has 0 aliphatic carbocycles. The second-order valence-electron chi connectivity index (χ2n) is 5.58. The number of rotatable bonds is 9. The summed E-state index contributed by atoms with van der Waals surface area (Å²) >= 11 is 0. The molecule has 0 atom stereocenters. The molecule has 0 bridgehead atoms. The van der Waals surface area contributed by atoms with Crippen LogP contribution in [0, 0.1) is 13.8 Å². The van der Waals surface area contributed by atoms with Crippen LogP contribution in [0.15, 0.2) is 30.4 Å². The maximum atomic E-state index is 11.6. The first-order valence-corrected chi connectivity index (χ1v) is 8.17. The molecular formula is C19H26O4. The van der Waals surface area contributed by atoms with Crippen LogP contribution in [0.1, 0.15) is 50.2 Å². The Kier molecular flexibility index (Phi) is 8.73. The van der Waals surface area contributed by atoms with Crippen LogP contribution in [-0.4, -0.2) is 18.5 Å². The minimum Gasteiger partial charge on any atom is -0.463 e. The first-order chi connectivity index (χ1) is 11.0. The molecule has 0 aliphatic rings. The number of hydrogen-bond acceptors (Lipinski definition) is 4. The van der Waals surface area contributed by atoms with Gasteiger partial charge in [-0.25, -0.2) is 9.59 Å². The van der Waals surface area contributed by atoms with E-state index >= 15 is 0 Å². The zero-order valence-corrected chi connectivity index (χ0v) is 14.3. The number of benzene rings is 1. The quantitative estimate of drug-likeness (QED) is 0.295. The average molecular weight is 318 g/mol. The number of hydrogen-bond donors (Lipinski definition) is 0. The van der Waals surface area contributed by atoms with Gasteiger partial charge in [-0.2, -0.15) is 0 Å². The van der Waals surface area contributed by atoms with E-state index in [4.69, 9.17) is 9.47 Å². The van der Waals surface area contributed by atoms with Crippen molar-refractivity contribution in [1.29, 1.82) is 0 Å². The lowest BCUT2D eigenvalue weighted by molar-refractivity contribution is -0.138. The number of ether oxygens (including phenoxy) is 2.